The number of nitrogens with two attached hydrogens (primary N) is 1. The zero-order valence-corrected chi connectivity index (χ0v) is 18.2. The second-order valence-electron chi connectivity index (χ2n) is 5.87. The molecule has 0 saturated carbocycles. The summed E-state index contributed by atoms with van der Waals surface area (Å²) >= 11 is 0. The van der Waals surface area contributed by atoms with Gasteiger partial charge in [-0.05, 0) is 13.2 Å². The molecule has 0 unspecified atom stereocenters. The number of hydrogen-bond acceptors (Lipinski definition) is 9. The summed E-state index contributed by atoms with van der Waals surface area (Å²) in [6.07, 6.45) is 1.06. The average Bonchev–Trinajstić information content (AvgIpc) is 3.01. The maximum absolute atomic E-state index is 12.3. The summed E-state index contributed by atoms with van der Waals surface area (Å²) in [5.74, 6) is 5.12. The maximum atomic E-state index is 12.3. The minimum absolute atomic E-state index is 0.0392. The van der Waals surface area contributed by atoms with Gasteiger partial charge in [0.15, 0.2) is 0 Å². The molecule has 5 N–H and O–H groups in total. The third-order valence-corrected chi connectivity index (χ3v) is 6.24. The van der Waals surface area contributed by atoms with Crippen LogP contribution in [0.4, 0.5) is 0 Å². The number of ether oxygens (including phenoxy) is 2. The Labute approximate surface area is 174 Å². The van der Waals surface area contributed by atoms with Crippen LogP contribution in [0.3, 0.4) is 0 Å². The van der Waals surface area contributed by atoms with Crippen molar-refractivity contribution in [2.24, 2.45) is 5.73 Å². The fraction of sp³-hybridized carbons (Fsp3) is 0.600. The Morgan fingerprint density at radius 3 is 2.86 bits per heavy atom. The first-order valence-corrected chi connectivity index (χ1v) is 12.5. The molecular weight excluding hydrogens is 445 g/mol. The molecular formula is C15H22N3O8PS2. The smallest absolute Gasteiger partial charge is 0.361 e. The highest BCUT2D eigenvalue weighted by atomic mass is 33.1. The molecule has 1 aliphatic rings. The van der Waals surface area contributed by atoms with Gasteiger partial charge in [0.25, 0.3) is 5.56 Å². The van der Waals surface area contributed by atoms with Gasteiger partial charge in [0.2, 0.25) is 0 Å². The Balaban J connectivity index is 2.28. The predicted molar refractivity (Wildman–Crippen MR) is 109 cm³/mol. The average molecular weight is 467 g/mol. The Morgan fingerprint density at radius 2 is 2.24 bits per heavy atom. The lowest BCUT2D eigenvalue weighted by molar-refractivity contribution is -0.0634. The molecule has 1 aliphatic heterocycles. The van der Waals surface area contributed by atoms with Crippen molar-refractivity contribution in [2.75, 3.05) is 19.4 Å². The van der Waals surface area contributed by atoms with E-state index >= 15 is 0 Å². The Kier molecular flexibility index (Phi) is 9.02. The largest absolute Gasteiger partial charge is 0.469 e. The molecule has 0 amide bonds. The summed E-state index contributed by atoms with van der Waals surface area (Å²) in [6.45, 7) is 1.43. The second-order valence-corrected chi connectivity index (χ2v) is 9.88. The molecule has 11 nitrogen and oxygen atoms in total. The third-order valence-electron chi connectivity index (χ3n) is 3.79. The van der Waals surface area contributed by atoms with Crippen molar-refractivity contribution in [1.29, 1.82) is 0 Å². The van der Waals surface area contributed by atoms with Gasteiger partial charge in [-0.2, -0.15) is 0 Å². The predicted octanol–water partition coefficient (Wildman–Crippen LogP) is -0.0140. The first kappa shape index (κ1) is 24.2. The highest BCUT2D eigenvalue weighted by Crippen LogP contribution is 2.39. The number of phosphoric ester groups is 1. The van der Waals surface area contributed by atoms with Gasteiger partial charge >= 0.3 is 13.5 Å². The van der Waals surface area contributed by atoms with E-state index < -0.39 is 44.1 Å². The zero-order valence-electron chi connectivity index (χ0n) is 15.6. The van der Waals surface area contributed by atoms with Gasteiger partial charge in [-0.25, -0.2) is 9.36 Å². The van der Waals surface area contributed by atoms with Crippen LogP contribution in [0.15, 0.2) is 15.8 Å². The number of aromatic amines is 1. The lowest BCUT2D eigenvalue weighted by Crippen LogP contribution is -2.33. The van der Waals surface area contributed by atoms with E-state index in [-0.39, 0.29) is 24.0 Å². The molecule has 2 heterocycles. The van der Waals surface area contributed by atoms with Crippen molar-refractivity contribution in [2.45, 2.75) is 37.2 Å². The molecule has 0 aliphatic carbocycles. The van der Waals surface area contributed by atoms with Gasteiger partial charge < -0.3 is 25.0 Å². The molecule has 4 atom stereocenters. The van der Waals surface area contributed by atoms with E-state index in [0.717, 1.165) is 4.57 Å². The van der Waals surface area contributed by atoms with Crippen molar-refractivity contribution in [3.05, 3.63) is 32.6 Å². The van der Waals surface area contributed by atoms with E-state index in [1.807, 2.05) is 13.2 Å². The van der Waals surface area contributed by atoms with E-state index in [9.17, 15) is 14.2 Å². The second kappa shape index (κ2) is 10.8. The van der Waals surface area contributed by atoms with Crippen molar-refractivity contribution in [1.82, 2.24) is 9.55 Å². The van der Waals surface area contributed by atoms with Gasteiger partial charge in [0.1, 0.15) is 23.3 Å². The van der Waals surface area contributed by atoms with Crippen molar-refractivity contribution >= 4 is 29.4 Å². The van der Waals surface area contributed by atoms with Crippen LogP contribution in [0.5, 0.6) is 0 Å². The van der Waals surface area contributed by atoms with Crippen LogP contribution in [0.1, 0.15) is 25.1 Å². The zero-order chi connectivity index (χ0) is 21.6. The van der Waals surface area contributed by atoms with Crippen LogP contribution in [0, 0.1) is 11.8 Å². The van der Waals surface area contributed by atoms with Crippen molar-refractivity contribution in [3.63, 3.8) is 0 Å². The number of hydrogen-bond donors (Lipinski definition) is 4. The minimum Gasteiger partial charge on any atom is -0.361 e. The number of aromatic nitrogens is 2. The summed E-state index contributed by atoms with van der Waals surface area (Å²) in [4.78, 5) is 44.2. The molecule has 162 valence electrons. The van der Waals surface area contributed by atoms with Crippen molar-refractivity contribution in [3.8, 4) is 11.8 Å². The van der Waals surface area contributed by atoms with Gasteiger partial charge in [-0.3, -0.25) is 18.9 Å². The molecule has 14 heteroatoms. The fourth-order valence-corrected chi connectivity index (χ4v) is 4.42. The van der Waals surface area contributed by atoms with E-state index in [4.69, 9.17) is 25.0 Å². The van der Waals surface area contributed by atoms with E-state index in [0.29, 0.717) is 0 Å². The van der Waals surface area contributed by atoms with E-state index in [2.05, 4.69) is 21.3 Å². The van der Waals surface area contributed by atoms with Crippen LogP contribution in [-0.4, -0.2) is 56.4 Å². The van der Waals surface area contributed by atoms with E-state index in [1.54, 1.807) is 0 Å². The number of nitrogens with zero attached hydrogens (tertiary/aromatic N) is 1. The molecule has 1 aromatic heterocycles. The van der Waals surface area contributed by atoms with Crippen LogP contribution >= 0.6 is 29.4 Å². The molecule has 1 fully saturated rings. The van der Waals surface area contributed by atoms with Crippen LogP contribution in [0.2, 0.25) is 0 Å². The lowest BCUT2D eigenvalue weighted by atomic mass is 10.2. The number of H-pyrrole nitrogens is 1. The summed E-state index contributed by atoms with van der Waals surface area (Å²) in [5.41, 5.74) is 3.76. The normalized spacial score (nSPS) is 22.9. The lowest BCUT2D eigenvalue weighted by Gasteiger charge is -2.22. The topological polar surface area (TPSA) is 166 Å². The summed E-state index contributed by atoms with van der Waals surface area (Å²) in [5, 5.41) is 0. The maximum Gasteiger partial charge on any atom is 0.469 e. The Morgan fingerprint density at radius 1 is 1.52 bits per heavy atom. The number of phosphoric acid groups is 1. The molecule has 1 saturated heterocycles. The first-order chi connectivity index (χ1) is 13.6. The van der Waals surface area contributed by atoms with Gasteiger partial charge in [-0.15, -0.1) is 0 Å². The standard InChI is InChI=1S/C15H22N3O8PS2/c1-9(29-28-2)25-11-6-13(26-12(11)8-24-27(21,22)23)18-7-10(4-3-5-16)14(19)17-15(18)20/h7,9,11-13H,5-6,8,16H2,1-2H3,(H,17,19,20)(H2,21,22,23)/t9-,11-,12-,13-/m1/s1. The Hall–Kier alpha value is -1.07. The molecule has 0 radical (unpaired) electrons. The minimum atomic E-state index is -4.71. The molecule has 1 aromatic rings. The molecule has 2 rings (SSSR count). The van der Waals surface area contributed by atoms with Crippen LogP contribution in [0.25, 0.3) is 0 Å². The van der Waals surface area contributed by atoms with Gasteiger partial charge in [-0.1, -0.05) is 33.4 Å². The van der Waals surface area contributed by atoms with Crippen LogP contribution in [-0.2, 0) is 18.6 Å². The van der Waals surface area contributed by atoms with Crippen LogP contribution < -0.4 is 17.0 Å². The molecule has 0 bridgehead atoms. The van der Waals surface area contributed by atoms with Crippen molar-refractivity contribution < 1.29 is 28.3 Å². The SMILES string of the molecule is CSS[C@H](C)O[C@@H]1C[C@H](n2cc(C#CCN)c(=O)[nH]c2=O)O[C@@H]1COP(=O)(O)O. The third kappa shape index (κ3) is 7.29. The summed E-state index contributed by atoms with van der Waals surface area (Å²) in [7, 11) is -1.76. The molecule has 0 aromatic carbocycles. The summed E-state index contributed by atoms with van der Waals surface area (Å²) in [6, 6.07) is 0. The van der Waals surface area contributed by atoms with E-state index in [1.165, 1.54) is 27.8 Å². The highest BCUT2D eigenvalue weighted by Gasteiger charge is 2.40. The number of rotatable bonds is 8. The number of nitrogens with one attached hydrogen (secondary N) is 1. The first-order valence-electron chi connectivity index (χ1n) is 8.39. The molecule has 0 spiro atoms. The Bertz CT molecular complexity index is 921. The fourth-order valence-electron chi connectivity index (χ4n) is 2.67. The molecule has 29 heavy (non-hydrogen) atoms. The van der Waals surface area contributed by atoms with Gasteiger partial charge in [0.05, 0.1) is 19.3 Å². The highest BCUT2D eigenvalue weighted by molar-refractivity contribution is 8.76. The monoisotopic (exact) mass is 467 g/mol. The van der Waals surface area contributed by atoms with Gasteiger partial charge in [0, 0.05) is 12.6 Å². The quantitative estimate of drug-likeness (QED) is 0.176. The summed E-state index contributed by atoms with van der Waals surface area (Å²) < 4.78 is 28.4.